The average Bonchev–Trinajstić information content (AvgIpc) is 2.42. The molecule has 0 aromatic carbocycles. The number of hydrogen-bond acceptors (Lipinski definition) is 3. The van der Waals surface area contributed by atoms with Crippen LogP contribution in [0.3, 0.4) is 0 Å². The molecule has 1 rings (SSSR count). The van der Waals surface area contributed by atoms with Gasteiger partial charge >= 0.3 is 29.6 Å². The van der Waals surface area contributed by atoms with Gasteiger partial charge in [0, 0.05) is 18.5 Å². The predicted molar refractivity (Wildman–Crippen MR) is 23.7 cm³/mol. The second-order valence-corrected chi connectivity index (χ2v) is 2.10. The molecule has 0 aromatic heterocycles. The number of carbonyl (C=O) groups excluding carboxylic acids is 1. The Hall–Kier alpha value is 0.430. The molecule has 2 atom stereocenters. The van der Waals surface area contributed by atoms with Gasteiger partial charge in [-0.2, -0.15) is 0 Å². The predicted octanol–water partition coefficient (Wildman–Crippen LogP) is -4.63. The second-order valence-electron chi connectivity index (χ2n) is 2.10. The number of aliphatic carboxylic acids is 1. The number of hydrogen-bond donors (Lipinski definition) is 1. The van der Waals surface area contributed by atoms with E-state index in [1.165, 1.54) is 0 Å². The number of rotatable bonds is 2. The molecule has 0 saturated heterocycles. The molecule has 0 radical (unpaired) electrons. The summed E-state index contributed by atoms with van der Waals surface area (Å²) in [6.45, 7) is -0.0152. The van der Waals surface area contributed by atoms with Crippen LogP contribution >= 0.6 is 0 Å². The molecule has 0 amide bonds. The third-order valence-corrected chi connectivity index (χ3v) is 1.46. The zero-order valence-corrected chi connectivity index (χ0v) is 7.33. The average molecular weight is 138 g/mol. The summed E-state index contributed by atoms with van der Waals surface area (Å²) >= 11 is 0. The third-order valence-electron chi connectivity index (χ3n) is 1.46. The minimum atomic E-state index is -1.02. The Morgan fingerprint density at radius 1 is 1.78 bits per heavy atom. The second kappa shape index (κ2) is 3.56. The summed E-state index contributed by atoms with van der Waals surface area (Å²) in [5.41, 5.74) is 0. The summed E-state index contributed by atoms with van der Waals surface area (Å²) in [5, 5.41) is 18.2. The Bertz CT molecular complexity index is 115. The van der Waals surface area contributed by atoms with E-state index in [0.717, 1.165) is 0 Å². The van der Waals surface area contributed by atoms with E-state index in [2.05, 4.69) is 0 Å². The van der Waals surface area contributed by atoms with Crippen molar-refractivity contribution in [1.82, 2.24) is 0 Å². The zero-order chi connectivity index (χ0) is 6.15. The van der Waals surface area contributed by atoms with E-state index in [4.69, 9.17) is 5.11 Å². The molecule has 0 aliphatic heterocycles. The molecule has 3 nitrogen and oxygen atoms in total. The van der Waals surface area contributed by atoms with E-state index in [-0.39, 0.29) is 48.0 Å². The van der Waals surface area contributed by atoms with Gasteiger partial charge in [0.2, 0.25) is 0 Å². The molecule has 46 valence electrons. The largest absolute Gasteiger partial charge is 1.00 e. The number of aliphatic hydroxyl groups is 1. The minimum absolute atomic E-state index is 0. The minimum Gasteiger partial charge on any atom is -0.550 e. The Morgan fingerprint density at radius 2 is 2.33 bits per heavy atom. The number of carboxylic acid groups (broad SMARTS) is 1. The van der Waals surface area contributed by atoms with Gasteiger partial charge in [-0.15, -0.1) is 0 Å². The quantitative estimate of drug-likeness (QED) is 0.390. The van der Waals surface area contributed by atoms with Crippen molar-refractivity contribution < 1.29 is 44.6 Å². The molecule has 0 bridgehead atoms. The Balaban J connectivity index is 0.000000640. The summed E-state index contributed by atoms with van der Waals surface area (Å²) in [4.78, 5) is 9.91. The van der Waals surface area contributed by atoms with Crippen LogP contribution in [0.4, 0.5) is 0 Å². The van der Waals surface area contributed by atoms with E-state index < -0.39 is 5.97 Å². The van der Waals surface area contributed by atoms with Crippen LogP contribution in [0.2, 0.25) is 0 Å². The maximum Gasteiger partial charge on any atom is 1.00 e. The van der Waals surface area contributed by atoms with E-state index in [9.17, 15) is 9.90 Å². The van der Waals surface area contributed by atoms with Gasteiger partial charge in [0.1, 0.15) is 0 Å². The summed E-state index contributed by atoms with van der Waals surface area (Å²) in [6.07, 6.45) is 0.596. The van der Waals surface area contributed by atoms with Crippen LogP contribution in [0.5, 0.6) is 0 Å². The van der Waals surface area contributed by atoms with Crippen molar-refractivity contribution >= 4 is 5.97 Å². The van der Waals surface area contributed by atoms with Crippen molar-refractivity contribution in [1.29, 1.82) is 0 Å². The van der Waals surface area contributed by atoms with Gasteiger partial charge in [-0.1, -0.05) is 0 Å². The number of aliphatic hydroxyl groups excluding tert-OH is 1. The van der Waals surface area contributed by atoms with Crippen LogP contribution in [0.15, 0.2) is 0 Å². The topological polar surface area (TPSA) is 60.4 Å². The van der Waals surface area contributed by atoms with Gasteiger partial charge < -0.3 is 15.0 Å². The fourth-order valence-corrected chi connectivity index (χ4v) is 0.738. The number of carbonyl (C=O) groups is 1. The van der Waals surface area contributed by atoms with Gasteiger partial charge in [0.05, 0.1) is 0 Å². The van der Waals surface area contributed by atoms with Crippen molar-refractivity contribution in [3.05, 3.63) is 0 Å². The molecule has 9 heavy (non-hydrogen) atoms. The van der Waals surface area contributed by atoms with Crippen LogP contribution in [0.1, 0.15) is 6.42 Å². The molecular weight excluding hydrogens is 131 g/mol. The summed E-state index contributed by atoms with van der Waals surface area (Å²) in [6, 6.07) is 0. The number of carboxylic acids is 1. The molecule has 0 heterocycles. The van der Waals surface area contributed by atoms with Crippen molar-refractivity contribution in [3.63, 3.8) is 0 Å². The van der Waals surface area contributed by atoms with E-state index in [0.29, 0.717) is 6.42 Å². The van der Waals surface area contributed by atoms with Crippen molar-refractivity contribution in [3.8, 4) is 0 Å². The first kappa shape index (κ1) is 9.43. The molecule has 0 unspecified atom stereocenters. The molecule has 4 heteroatoms. The SMILES string of the molecule is O=C([O-])[C@H]1C[C@@H]1CO.[Na+]. The summed E-state index contributed by atoms with van der Waals surface area (Å²) in [5.74, 6) is -1.40. The molecule has 1 N–H and O–H groups in total. The van der Waals surface area contributed by atoms with Gasteiger partial charge in [0.25, 0.3) is 0 Å². The maximum absolute atomic E-state index is 9.91. The van der Waals surface area contributed by atoms with Crippen molar-refractivity contribution in [2.24, 2.45) is 11.8 Å². The zero-order valence-electron chi connectivity index (χ0n) is 5.33. The van der Waals surface area contributed by atoms with E-state index >= 15 is 0 Å². The molecule has 0 spiro atoms. The molecule has 1 fully saturated rings. The molecule has 0 aromatic rings. The standard InChI is InChI=1S/C5H8O3.Na/c6-2-3-1-4(3)5(7)8;/h3-4,6H,1-2H2,(H,7,8);/q;+1/p-1/t3-,4+;/m1./s1. The molecule has 1 aliphatic carbocycles. The van der Waals surface area contributed by atoms with Crippen LogP contribution in [0, 0.1) is 11.8 Å². The fourth-order valence-electron chi connectivity index (χ4n) is 0.738. The Morgan fingerprint density at radius 3 is 2.44 bits per heavy atom. The first-order valence-corrected chi connectivity index (χ1v) is 2.57. The maximum atomic E-state index is 9.91. The van der Waals surface area contributed by atoms with Crippen LogP contribution in [-0.2, 0) is 4.79 Å². The molecular formula is C5H7NaO3. The first-order valence-electron chi connectivity index (χ1n) is 2.57. The van der Waals surface area contributed by atoms with Crippen LogP contribution in [-0.4, -0.2) is 17.7 Å². The monoisotopic (exact) mass is 138 g/mol. The smallest absolute Gasteiger partial charge is 0.550 e. The fraction of sp³-hybridized carbons (Fsp3) is 0.800. The van der Waals surface area contributed by atoms with E-state index in [1.807, 2.05) is 0 Å². The first-order chi connectivity index (χ1) is 3.75. The van der Waals surface area contributed by atoms with Crippen LogP contribution in [0.25, 0.3) is 0 Å². The van der Waals surface area contributed by atoms with Crippen molar-refractivity contribution in [2.45, 2.75) is 6.42 Å². The summed E-state index contributed by atoms with van der Waals surface area (Å²) < 4.78 is 0. The third kappa shape index (κ3) is 2.26. The van der Waals surface area contributed by atoms with Crippen molar-refractivity contribution in [2.75, 3.05) is 6.61 Å². The van der Waals surface area contributed by atoms with Crippen LogP contribution < -0.4 is 34.7 Å². The molecule has 1 aliphatic rings. The van der Waals surface area contributed by atoms with Gasteiger partial charge in [-0.05, 0) is 12.3 Å². The normalized spacial score (nSPS) is 30.8. The van der Waals surface area contributed by atoms with Gasteiger partial charge in [-0.25, -0.2) is 0 Å². The Labute approximate surface area is 75.4 Å². The van der Waals surface area contributed by atoms with Gasteiger partial charge in [-0.3, -0.25) is 0 Å². The molecule has 1 saturated carbocycles. The Kier molecular flexibility index (Phi) is 3.73. The van der Waals surface area contributed by atoms with E-state index in [1.54, 1.807) is 0 Å². The summed E-state index contributed by atoms with van der Waals surface area (Å²) in [7, 11) is 0. The van der Waals surface area contributed by atoms with Gasteiger partial charge in [0.15, 0.2) is 0 Å².